The summed E-state index contributed by atoms with van der Waals surface area (Å²) in [5.41, 5.74) is 4.22. The minimum absolute atomic E-state index is 0.154. The second-order valence-electron chi connectivity index (χ2n) is 7.23. The Hall–Kier alpha value is -3.61. The molecule has 6 nitrogen and oxygen atoms in total. The topological polar surface area (TPSA) is 73.0 Å². The zero-order valence-electron chi connectivity index (χ0n) is 16.8. The number of aromatic nitrogens is 3. The summed E-state index contributed by atoms with van der Waals surface area (Å²) in [5.74, 6) is 0.274. The lowest BCUT2D eigenvalue weighted by molar-refractivity contribution is 0.0997. The first-order chi connectivity index (χ1) is 15.5. The molecule has 0 bridgehead atoms. The highest BCUT2D eigenvalue weighted by molar-refractivity contribution is 6.34. The number of nitrogens with zero attached hydrogens (tertiary/aromatic N) is 3. The van der Waals surface area contributed by atoms with Gasteiger partial charge in [0.1, 0.15) is 16.8 Å². The van der Waals surface area contributed by atoms with E-state index < -0.39 is 5.91 Å². The molecule has 0 atom stereocenters. The van der Waals surface area contributed by atoms with E-state index >= 15 is 0 Å². The molecule has 0 aliphatic carbocycles. The quantitative estimate of drug-likeness (QED) is 0.328. The van der Waals surface area contributed by atoms with Crippen LogP contribution in [0, 0.1) is 6.92 Å². The number of nitrogens with one attached hydrogen (secondary N) is 1. The highest BCUT2D eigenvalue weighted by Crippen LogP contribution is 2.29. The highest BCUT2D eigenvalue weighted by atomic mass is 35.5. The van der Waals surface area contributed by atoms with Crippen LogP contribution >= 0.6 is 23.2 Å². The van der Waals surface area contributed by atoms with Crippen molar-refractivity contribution >= 4 is 45.8 Å². The Labute approximate surface area is 193 Å². The maximum atomic E-state index is 12.8. The monoisotopic (exact) mass is 462 g/mol. The Morgan fingerprint density at radius 3 is 2.41 bits per heavy atom. The van der Waals surface area contributed by atoms with Gasteiger partial charge in [-0.25, -0.2) is 0 Å². The molecular weight excluding hydrogens is 447 g/mol. The molecule has 0 saturated heterocycles. The van der Waals surface area contributed by atoms with Gasteiger partial charge in [0.2, 0.25) is 0 Å². The molecule has 158 valence electrons. The number of hydrogen-bond acceptors (Lipinski definition) is 4. The van der Waals surface area contributed by atoms with E-state index in [-0.39, 0.29) is 5.76 Å². The van der Waals surface area contributed by atoms with E-state index in [2.05, 4.69) is 15.5 Å². The fraction of sp³-hybridized carbons (Fsp3) is 0.0417. The zero-order chi connectivity index (χ0) is 22.2. The van der Waals surface area contributed by atoms with Gasteiger partial charge in [-0.2, -0.15) is 4.80 Å². The predicted molar refractivity (Wildman–Crippen MR) is 126 cm³/mol. The van der Waals surface area contributed by atoms with Crippen LogP contribution in [0.2, 0.25) is 10.0 Å². The van der Waals surface area contributed by atoms with Gasteiger partial charge in [0.25, 0.3) is 5.91 Å². The van der Waals surface area contributed by atoms with Crippen molar-refractivity contribution in [3.8, 4) is 17.0 Å². The predicted octanol–water partition coefficient (Wildman–Crippen LogP) is 6.55. The summed E-state index contributed by atoms with van der Waals surface area (Å²) in [6.07, 6.45) is 0. The van der Waals surface area contributed by atoms with E-state index in [1.807, 2.05) is 49.4 Å². The van der Waals surface area contributed by atoms with Crippen LogP contribution in [0.3, 0.4) is 0 Å². The third-order valence-electron chi connectivity index (χ3n) is 4.99. The van der Waals surface area contributed by atoms with Crippen LogP contribution in [0.1, 0.15) is 16.1 Å². The van der Waals surface area contributed by atoms with E-state index in [0.29, 0.717) is 32.5 Å². The molecule has 1 N–H and O–H groups in total. The average molecular weight is 463 g/mol. The van der Waals surface area contributed by atoms with Gasteiger partial charge in [0.05, 0.1) is 16.4 Å². The SMILES string of the molecule is Cc1ccc(-c2ccc(C(=O)Nc3cc4nn(-c5ccccc5)nc4cc3Cl)o2)cc1Cl. The van der Waals surface area contributed by atoms with Gasteiger partial charge in [-0.1, -0.05) is 53.5 Å². The zero-order valence-corrected chi connectivity index (χ0v) is 18.4. The first-order valence-electron chi connectivity index (χ1n) is 9.78. The molecule has 0 unspecified atom stereocenters. The number of carbonyl (C=O) groups excluding carboxylic acids is 1. The summed E-state index contributed by atoms with van der Waals surface area (Å²) >= 11 is 12.6. The molecule has 1 amide bonds. The summed E-state index contributed by atoms with van der Waals surface area (Å²) in [6.45, 7) is 1.92. The average Bonchev–Trinajstić information content (AvgIpc) is 3.44. The van der Waals surface area contributed by atoms with Gasteiger partial charge < -0.3 is 9.73 Å². The number of benzene rings is 3. The maximum absolute atomic E-state index is 12.8. The second kappa shape index (κ2) is 8.15. The number of hydrogen-bond donors (Lipinski definition) is 1. The maximum Gasteiger partial charge on any atom is 0.291 e. The lowest BCUT2D eigenvalue weighted by atomic mass is 10.1. The molecule has 0 saturated carbocycles. The number of rotatable bonds is 4. The minimum atomic E-state index is -0.425. The number of para-hydroxylation sites is 1. The Morgan fingerprint density at radius 1 is 0.906 bits per heavy atom. The van der Waals surface area contributed by atoms with Gasteiger partial charge >= 0.3 is 0 Å². The number of carbonyl (C=O) groups is 1. The van der Waals surface area contributed by atoms with Crippen LogP contribution in [0.4, 0.5) is 5.69 Å². The molecule has 0 aliphatic rings. The number of furan rings is 1. The summed E-state index contributed by atoms with van der Waals surface area (Å²) in [4.78, 5) is 14.3. The van der Waals surface area contributed by atoms with Gasteiger partial charge in [0, 0.05) is 10.6 Å². The fourth-order valence-corrected chi connectivity index (χ4v) is 3.64. The van der Waals surface area contributed by atoms with Gasteiger partial charge in [-0.3, -0.25) is 4.79 Å². The van der Waals surface area contributed by atoms with Crippen molar-refractivity contribution < 1.29 is 9.21 Å². The molecule has 8 heteroatoms. The molecule has 0 aliphatic heterocycles. The summed E-state index contributed by atoms with van der Waals surface area (Å²) in [7, 11) is 0. The minimum Gasteiger partial charge on any atom is -0.451 e. The lowest BCUT2D eigenvalue weighted by Gasteiger charge is -2.05. The second-order valence-corrected chi connectivity index (χ2v) is 8.04. The lowest BCUT2D eigenvalue weighted by Crippen LogP contribution is -2.11. The third kappa shape index (κ3) is 3.86. The number of halogens is 2. The van der Waals surface area contributed by atoms with Gasteiger partial charge in [0.15, 0.2) is 5.76 Å². The first-order valence-corrected chi connectivity index (χ1v) is 10.5. The van der Waals surface area contributed by atoms with Crippen LogP contribution in [-0.2, 0) is 0 Å². The molecule has 0 radical (unpaired) electrons. The molecule has 0 fully saturated rings. The molecule has 2 aromatic heterocycles. The molecule has 0 spiro atoms. The van der Waals surface area contributed by atoms with Crippen molar-refractivity contribution in [2.45, 2.75) is 6.92 Å². The summed E-state index contributed by atoms with van der Waals surface area (Å²) in [5, 5.41) is 12.7. The van der Waals surface area contributed by atoms with E-state index in [0.717, 1.165) is 16.8 Å². The Morgan fingerprint density at radius 2 is 1.66 bits per heavy atom. The van der Waals surface area contributed by atoms with Crippen LogP contribution in [0.15, 0.2) is 77.2 Å². The van der Waals surface area contributed by atoms with E-state index in [1.165, 1.54) is 4.80 Å². The number of amides is 1. The van der Waals surface area contributed by atoms with Crippen molar-refractivity contribution in [2.75, 3.05) is 5.32 Å². The molecular formula is C24H16Cl2N4O2. The molecule has 5 rings (SSSR count). The molecule has 2 heterocycles. The van der Waals surface area contributed by atoms with E-state index in [4.69, 9.17) is 27.6 Å². The van der Waals surface area contributed by atoms with Crippen molar-refractivity contribution in [1.82, 2.24) is 15.0 Å². The standard InChI is InChI=1S/C24H16Cl2N4O2/c1-14-7-8-15(11-17(14)25)22-9-10-23(32-22)24(31)27-19-13-21-20(12-18(19)26)28-30(29-21)16-5-3-2-4-6-16/h2-13H,1H3,(H,27,31). The van der Waals surface area contributed by atoms with Crippen LogP contribution in [0.25, 0.3) is 28.0 Å². The molecule has 32 heavy (non-hydrogen) atoms. The van der Waals surface area contributed by atoms with Crippen molar-refractivity contribution in [1.29, 1.82) is 0 Å². The Balaban J connectivity index is 1.40. The number of aryl methyl sites for hydroxylation is 1. The van der Waals surface area contributed by atoms with Crippen LogP contribution < -0.4 is 5.32 Å². The normalized spacial score (nSPS) is 11.1. The third-order valence-corrected chi connectivity index (χ3v) is 5.71. The summed E-state index contributed by atoms with van der Waals surface area (Å²) in [6, 6.07) is 21.8. The highest BCUT2D eigenvalue weighted by Gasteiger charge is 2.16. The van der Waals surface area contributed by atoms with Gasteiger partial charge in [-0.15, -0.1) is 10.2 Å². The summed E-state index contributed by atoms with van der Waals surface area (Å²) < 4.78 is 5.74. The largest absolute Gasteiger partial charge is 0.451 e. The van der Waals surface area contributed by atoms with Crippen molar-refractivity contribution in [2.24, 2.45) is 0 Å². The van der Waals surface area contributed by atoms with Crippen LogP contribution in [0.5, 0.6) is 0 Å². The fourth-order valence-electron chi connectivity index (χ4n) is 3.26. The van der Waals surface area contributed by atoms with Crippen LogP contribution in [-0.4, -0.2) is 20.9 Å². The molecule has 3 aromatic carbocycles. The Bertz CT molecular complexity index is 1460. The smallest absolute Gasteiger partial charge is 0.291 e. The van der Waals surface area contributed by atoms with E-state index in [1.54, 1.807) is 30.3 Å². The van der Waals surface area contributed by atoms with Crippen molar-refractivity contribution in [3.63, 3.8) is 0 Å². The van der Waals surface area contributed by atoms with Gasteiger partial charge in [-0.05, 0) is 55.0 Å². The van der Waals surface area contributed by atoms with E-state index in [9.17, 15) is 4.79 Å². The molecule has 5 aromatic rings. The Kier molecular flexibility index (Phi) is 5.17. The first kappa shape index (κ1) is 20.3. The van der Waals surface area contributed by atoms with Crippen molar-refractivity contribution in [3.05, 3.63) is 94.2 Å². The number of anilines is 1. The number of fused-ring (bicyclic) bond motifs is 1.